The predicted molar refractivity (Wildman–Crippen MR) is 101 cm³/mol. The Balaban J connectivity index is 1.71. The van der Waals surface area contributed by atoms with E-state index < -0.39 is 11.6 Å². The fourth-order valence-corrected chi connectivity index (χ4v) is 3.40. The number of halogens is 3. The number of benzene rings is 2. The Labute approximate surface area is 162 Å². The summed E-state index contributed by atoms with van der Waals surface area (Å²) >= 11 is 0. The highest BCUT2D eigenvalue weighted by Gasteiger charge is 2.27. The van der Waals surface area contributed by atoms with Crippen LogP contribution in [0.5, 0.6) is 0 Å². The van der Waals surface area contributed by atoms with Crippen molar-refractivity contribution >= 4 is 6.03 Å². The fourth-order valence-electron chi connectivity index (χ4n) is 3.40. The van der Waals surface area contributed by atoms with Crippen molar-refractivity contribution in [2.45, 2.75) is 32.0 Å². The molecule has 1 aliphatic rings. The summed E-state index contributed by atoms with van der Waals surface area (Å²) in [6.45, 7) is 2.07. The lowest BCUT2D eigenvalue weighted by Gasteiger charge is -2.37. The molecule has 4 nitrogen and oxygen atoms in total. The van der Waals surface area contributed by atoms with Gasteiger partial charge in [0.05, 0.1) is 0 Å². The molecule has 1 N–H and O–H groups in total. The van der Waals surface area contributed by atoms with Gasteiger partial charge in [-0.25, -0.2) is 18.0 Å². The van der Waals surface area contributed by atoms with Gasteiger partial charge in [0.2, 0.25) is 0 Å². The Morgan fingerprint density at radius 2 is 1.71 bits per heavy atom. The molecular weight excluding hydrogens is 367 g/mol. The van der Waals surface area contributed by atoms with Crippen molar-refractivity contribution in [2.24, 2.45) is 0 Å². The second kappa shape index (κ2) is 9.10. The SMILES string of the molecule is CN1CCC(N(Cc2ccc(F)cc2)C(=O)NCc2ccc(F)cc2F)CC1. The minimum Gasteiger partial charge on any atom is -0.334 e. The molecule has 150 valence electrons. The van der Waals surface area contributed by atoms with E-state index >= 15 is 0 Å². The molecule has 0 saturated carbocycles. The first-order valence-electron chi connectivity index (χ1n) is 9.34. The van der Waals surface area contributed by atoms with Crippen LogP contribution < -0.4 is 5.32 Å². The third-order valence-corrected chi connectivity index (χ3v) is 5.10. The molecule has 0 radical (unpaired) electrons. The molecule has 7 heteroatoms. The number of urea groups is 1. The summed E-state index contributed by atoms with van der Waals surface area (Å²) < 4.78 is 40.1. The monoisotopic (exact) mass is 391 g/mol. The number of hydrogen-bond donors (Lipinski definition) is 1. The predicted octanol–water partition coefficient (Wildman–Crippen LogP) is 3.91. The van der Waals surface area contributed by atoms with Gasteiger partial charge in [0.15, 0.2) is 0 Å². The van der Waals surface area contributed by atoms with Gasteiger partial charge in [0, 0.05) is 30.8 Å². The van der Waals surface area contributed by atoms with Gasteiger partial charge in [-0.2, -0.15) is 0 Å². The van der Waals surface area contributed by atoms with Crippen LogP contribution in [0.1, 0.15) is 24.0 Å². The zero-order valence-corrected chi connectivity index (χ0v) is 15.8. The number of carbonyl (C=O) groups is 1. The molecule has 0 atom stereocenters. The van der Waals surface area contributed by atoms with Gasteiger partial charge >= 0.3 is 6.03 Å². The summed E-state index contributed by atoms with van der Waals surface area (Å²) in [5.41, 5.74) is 1.04. The van der Waals surface area contributed by atoms with Crippen molar-refractivity contribution in [3.63, 3.8) is 0 Å². The van der Waals surface area contributed by atoms with Crippen LogP contribution in [0.4, 0.5) is 18.0 Å². The molecule has 1 fully saturated rings. The topological polar surface area (TPSA) is 35.6 Å². The number of nitrogens with zero attached hydrogens (tertiary/aromatic N) is 2. The average molecular weight is 391 g/mol. The molecular formula is C21H24F3N3O. The molecule has 28 heavy (non-hydrogen) atoms. The van der Waals surface area contributed by atoms with Crippen LogP contribution in [0.15, 0.2) is 42.5 Å². The first-order valence-corrected chi connectivity index (χ1v) is 9.34. The Bertz CT molecular complexity index is 805. The Hall–Kier alpha value is -2.54. The normalized spacial score (nSPS) is 15.4. The average Bonchev–Trinajstić information content (AvgIpc) is 2.67. The number of carbonyl (C=O) groups excluding carboxylic acids is 1. The zero-order valence-electron chi connectivity index (χ0n) is 15.8. The first-order chi connectivity index (χ1) is 13.4. The van der Waals surface area contributed by atoms with Crippen molar-refractivity contribution in [3.05, 3.63) is 71.0 Å². The molecule has 2 amide bonds. The minimum atomic E-state index is -0.690. The maximum atomic E-state index is 13.8. The van der Waals surface area contributed by atoms with E-state index in [9.17, 15) is 18.0 Å². The van der Waals surface area contributed by atoms with Gasteiger partial charge in [0.1, 0.15) is 17.5 Å². The van der Waals surface area contributed by atoms with E-state index in [0.717, 1.165) is 43.6 Å². The van der Waals surface area contributed by atoms with Crippen molar-refractivity contribution in [1.29, 1.82) is 0 Å². The van der Waals surface area contributed by atoms with E-state index in [-0.39, 0.29) is 30.0 Å². The standard InChI is InChI=1S/C21H24F3N3O/c1-26-10-8-19(9-11-26)27(14-15-2-5-17(22)6-3-15)21(28)25-13-16-4-7-18(23)12-20(16)24/h2-7,12,19H,8-11,13-14H2,1H3,(H,25,28). The second-order valence-electron chi connectivity index (χ2n) is 7.18. The molecule has 3 rings (SSSR count). The quantitative estimate of drug-likeness (QED) is 0.839. The minimum absolute atomic E-state index is 0.0303. The summed E-state index contributed by atoms with van der Waals surface area (Å²) in [6, 6.07) is 9.06. The number of hydrogen-bond acceptors (Lipinski definition) is 2. The molecule has 0 bridgehead atoms. The summed E-state index contributed by atoms with van der Waals surface area (Å²) in [7, 11) is 2.04. The third kappa shape index (κ3) is 5.25. The van der Waals surface area contributed by atoms with E-state index in [1.165, 1.54) is 18.2 Å². The summed E-state index contributed by atoms with van der Waals surface area (Å²) in [4.78, 5) is 16.8. The molecule has 0 aliphatic carbocycles. The van der Waals surface area contributed by atoms with E-state index in [0.29, 0.717) is 6.54 Å². The van der Waals surface area contributed by atoms with Crippen LogP contribution in [0, 0.1) is 17.5 Å². The van der Waals surface area contributed by atoms with Crippen molar-refractivity contribution in [3.8, 4) is 0 Å². The van der Waals surface area contributed by atoms with Crippen molar-refractivity contribution in [2.75, 3.05) is 20.1 Å². The van der Waals surface area contributed by atoms with Crippen LogP contribution in [-0.2, 0) is 13.1 Å². The number of piperidine rings is 1. The number of nitrogens with one attached hydrogen (secondary N) is 1. The summed E-state index contributed by atoms with van der Waals surface area (Å²) in [6.07, 6.45) is 1.66. The van der Waals surface area contributed by atoms with Crippen molar-refractivity contribution in [1.82, 2.24) is 15.1 Å². The Kier molecular flexibility index (Phi) is 6.57. The maximum Gasteiger partial charge on any atom is 0.318 e. The van der Waals surface area contributed by atoms with E-state index in [2.05, 4.69) is 10.2 Å². The molecule has 1 aliphatic heterocycles. The number of rotatable bonds is 5. The second-order valence-corrected chi connectivity index (χ2v) is 7.18. The first kappa shape index (κ1) is 20.2. The molecule has 2 aromatic carbocycles. The highest BCUT2D eigenvalue weighted by Crippen LogP contribution is 2.19. The molecule has 0 aromatic heterocycles. The number of amides is 2. The highest BCUT2D eigenvalue weighted by atomic mass is 19.1. The Morgan fingerprint density at radius 3 is 2.36 bits per heavy atom. The molecule has 1 heterocycles. The largest absolute Gasteiger partial charge is 0.334 e. The summed E-state index contributed by atoms with van der Waals surface area (Å²) in [5, 5.41) is 2.74. The smallest absolute Gasteiger partial charge is 0.318 e. The summed E-state index contributed by atoms with van der Waals surface area (Å²) in [5.74, 6) is -1.67. The zero-order chi connectivity index (χ0) is 20.1. The van der Waals surface area contributed by atoms with Gasteiger partial charge < -0.3 is 15.1 Å². The van der Waals surface area contributed by atoms with Crippen LogP contribution in [0.2, 0.25) is 0 Å². The van der Waals surface area contributed by atoms with Crippen LogP contribution >= 0.6 is 0 Å². The highest BCUT2D eigenvalue weighted by molar-refractivity contribution is 5.74. The van der Waals surface area contributed by atoms with E-state index in [1.807, 2.05) is 7.05 Å². The van der Waals surface area contributed by atoms with Gasteiger partial charge in [-0.15, -0.1) is 0 Å². The van der Waals surface area contributed by atoms with Gasteiger partial charge in [0.25, 0.3) is 0 Å². The molecule has 0 unspecified atom stereocenters. The van der Waals surface area contributed by atoms with Crippen LogP contribution in [0.3, 0.4) is 0 Å². The van der Waals surface area contributed by atoms with E-state index in [4.69, 9.17) is 0 Å². The van der Waals surface area contributed by atoms with Gasteiger partial charge in [-0.05, 0) is 56.7 Å². The molecule has 0 spiro atoms. The fraction of sp³-hybridized carbons (Fsp3) is 0.381. The van der Waals surface area contributed by atoms with Gasteiger partial charge in [-0.1, -0.05) is 18.2 Å². The van der Waals surface area contributed by atoms with Crippen LogP contribution in [-0.4, -0.2) is 42.0 Å². The van der Waals surface area contributed by atoms with E-state index in [1.54, 1.807) is 17.0 Å². The number of likely N-dealkylation sites (tertiary alicyclic amines) is 1. The molecule has 2 aromatic rings. The third-order valence-electron chi connectivity index (χ3n) is 5.10. The lowest BCUT2D eigenvalue weighted by Crippen LogP contribution is -2.49. The van der Waals surface area contributed by atoms with Crippen molar-refractivity contribution < 1.29 is 18.0 Å². The van der Waals surface area contributed by atoms with Gasteiger partial charge in [-0.3, -0.25) is 0 Å². The molecule has 1 saturated heterocycles. The lowest BCUT2D eigenvalue weighted by molar-refractivity contribution is 0.127. The maximum absolute atomic E-state index is 13.8. The Morgan fingerprint density at radius 1 is 1.07 bits per heavy atom. The lowest BCUT2D eigenvalue weighted by atomic mass is 10.0. The van der Waals surface area contributed by atoms with Crippen LogP contribution in [0.25, 0.3) is 0 Å².